The molecule has 1 aliphatic carbocycles. The van der Waals surface area contributed by atoms with E-state index in [0.717, 1.165) is 23.4 Å². The van der Waals surface area contributed by atoms with Crippen LogP contribution in [0.2, 0.25) is 0 Å². The zero-order valence-electron chi connectivity index (χ0n) is 13.5. The van der Waals surface area contributed by atoms with Crippen LogP contribution in [0.1, 0.15) is 35.4 Å². The third kappa shape index (κ3) is 3.85. The number of ether oxygens (including phenoxy) is 1. The van der Waals surface area contributed by atoms with Gasteiger partial charge in [0, 0.05) is 11.5 Å². The van der Waals surface area contributed by atoms with E-state index in [0.29, 0.717) is 16.8 Å². The van der Waals surface area contributed by atoms with Crippen LogP contribution in [0.4, 0.5) is 5.13 Å². The molecule has 25 heavy (non-hydrogen) atoms. The summed E-state index contributed by atoms with van der Waals surface area (Å²) in [5, 5.41) is 12.6. The Morgan fingerprint density at radius 2 is 1.72 bits per heavy atom. The Bertz CT molecular complexity index is 847. The molecule has 5 nitrogen and oxygen atoms in total. The molecule has 1 N–H and O–H groups in total. The molecule has 4 rings (SSSR count). The summed E-state index contributed by atoms with van der Waals surface area (Å²) in [5.41, 5.74) is 0.788. The van der Waals surface area contributed by atoms with Crippen molar-refractivity contribution in [1.29, 1.82) is 0 Å². The van der Waals surface area contributed by atoms with Crippen molar-refractivity contribution in [1.82, 2.24) is 10.2 Å². The van der Waals surface area contributed by atoms with Crippen molar-refractivity contribution >= 4 is 22.4 Å². The Kier molecular flexibility index (Phi) is 4.43. The number of para-hydroxylation sites is 1. The van der Waals surface area contributed by atoms with Gasteiger partial charge in [0.15, 0.2) is 0 Å². The van der Waals surface area contributed by atoms with Gasteiger partial charge in [0.25, 0.3) is 5.91 Å². The number of amides is 1. The smallest absolute Gasteiger partial charge is 0.272 e. The fourth-order valence-corrected chi connectivity index (χ4v) is 3.40. The van der Waals surface area contributed by atoms with Crippen LogP contribution in [0.3, 0.4) is 0 Å². The van der Waals surface area contributed by atoms with Gasteiger partial charge in [-0.15, -0.1) is 10.2 Å². The minimum Gasteiger partial charge on any atom is -0.476 e. The highest BCUT2D eigenvalue weighted by molar-refractivity contribution is 7.15. The van der Waals surface area contributed by atoms with Crippen molar-refractivity contribution in [2.24, 2.45) is 0 Å². The lowest BCUT2D eigenvalue weighted by Crippen LogP contribution is -2.25. The van der Waals surface area contributed by atoms with E-state index in [-0.39, 0.29) is 5.91 Å². The van der Waals surface area contributed by atoms with E-state index in [1.54, 1.807) is 0 Å². The van der Waals surface area contributed by atoms with E-state index in [9.17, 15) is 4.79 Å². The lowest BCUT2D eigenvalue weighted by Gasteiger charge is -2.18. The summed E-state index contributed by atoms with van der Waals surface area (Å²) in [6, 6.07) is 18.8. The van der Waals surface area contributed by atoms with Crippen molar-refractivity contribution < 1.29 is 9.53 Å². The molecular weight excluding hydrogens is 334 g/mol. The third-order valence-electron chi connectivity index (χ3n) is 3.93. The van der Waals surface area contributed by atoms with E-state index < -0.39 is 6.10 Å². The number of aromatic nitrogens is 2. The van der Waals surface area contributed by atoms with Gasteiger partial charge in [-0.25, -0.2) is 0 Å². The van der Waals surface area contributed by atoms with E-state index in [1.165, 1.54) is 11.3 Å². The van der Waals surface area contributed by atoms with Crippen LogP contribution in [0.25, 0.3) is 0 Å². The first kappa shape index (κ1) is 15.8. The fraction of sp³-hybridized carbons (Fsp3) is 0.211. The predicted molar refractivity (Wildman–Crippen MR) is 96.8 cm³/mol. The highest BCUT2D eigenvalue weighted by Gasteiger charge is 2.29. The third-order valence-corrected chi connectivity index (χ3v) is 4.94. The second-order valence-electron chi connectivity index (χ2n) is 5.93. The zero-order chi connectivity index (χ0) is 17.1. The number of hydrogen-bond acceptors (Lipinski definition) is 5. The molecular formula is C19H17N3O2S. The predicted octanol–water partition coefficient (Wildman–Crippen LogP) is 4.17. The molecule has 1 saturated carbocycles. The number of nitrogens with zero attached hydrogens (tertiary/aromatic N) is 2. The average Bonchev–Trinajstić information content (AvgIpc) is 3.41. The van der Waals surface area contributed by atoms with Gasteiger partial charge >= 0.3 is 0 Å². The van der Waals surface area contributed by atoms with Crippen molar-refractivity contribution in [2.75, 3.05) is 5.32 Å². The summed E-state index contributed by atoms with van der Waals surface area (Å²) in [6.07, 6.45) is 1.57. The summed E-state index contributed by atoms with van der Waals surface area (Å²) >= 11 is 1.44. The van der Waals surface area contributed by atoms with Crippen LogP contribution in [0.15, 0.2) is 60.7 Å². The van der Waals surface area contributed by atoms with Gasteiger partial charge in [-0.2, -0.15) is 0 Å². The van der Waals surface area contributed by atoms with E-state index in [2.05, 4.69) is 15.5 Å². The van der Waals surface area contributed by atoms with Gasteiger partial charge in [0.1, 0.15) is 10.8 Å². The number of hydrogen-bond donors (Lipinski definition) is 1. The summed E-state index contributed by atoms with van der Waals surface area (Å²) in [5.74, 6) is 0.907. The number of benzene rings is 2. The maximum atomic E-state index is 12.8. The van der Waals surface area contributed by atoms with Gasteiger partial charge in [0.2, 0.25) is 11.2 Å². The molecule has 126 valence electrons. The standard InChI is InChI=1S/C19H17N3O2S/c23-17(20-19-22-21-18(25-19)14-11-12-14)16(13-7-3-1-4-8-13)24-15-9-5-2-6-10-15/h1-10,14,16H,11-12H2,(H,20,22,23). The first-order valence-corrected chi connectivity index (χ1v) is 9.02. The molecule has 3 aromatic rings. The molecule has 1 fully saturated rings. The van der Waals surface area contributed by atoms with Crippen LogP contribution < -0.4 is 10.1 Å². The summed E-state index contributed by atoms with van der Waals surface area (Å²) in [6.45, 7) is 0. The molecule has 1 amide bonds. The molecule has 0 aliphatic heterocycles. The van der Waals surface area contributed by atoms with Gasteiger partial charge in [0.05, 0.1) is 0 Å². The van der Waals surface area contributed by atoms with E-state index >= 15 is 0 Å². The topological polar surface area (TPSA) is 64.1 Å². The molecule has 1 aromatic heterocycles. The molecule has 0 saturated heterocycles. The van der Waals surface area contributed by atoms with Crippen LogP contribution >= 0.6 is 11.3 Å². The van der Waals surface area contributed by atoms with Crippen LogP contribution in [0.5, 0.6) is 5.75 Å². The highest BCUT2D eigenvalue weighted by Crippen LogP contribution is 2.42. The number of nitrogens with one attached hydrogen (secondary N) is 1. The molecule has 0 bridgehead atoms. The van der Waals surface area contributed by atoms with Crippen molar-refractivity contribution in [3.63, 3.8) is 0 Å². The van der Waals surface area contributed by atoms with Crippen LogP contribution in [0, 0.1) is 0 Å². The Morgan fingerprint density at radius 3 is 2.40 bits per heavy atom. The van der Waals surface area contributed by atoms with E-state index in [4.69, 9.17) is 4.74 Å². The molecule has 1 aliphatic rings. The van der Waals surface area contributed by atoms with Crippen LogP contribution in [-0.2, 0) is 4.79 Å². The molecule has 0 radical (unpaired) electrons. The van der Waals surface area contributed by atoms with Gasteiger partial charge in [-0.1, -0.05) is 59.9 Å². The van der Waals surface area contributed by atoms with Crippen molar-refractivity contribution in [2.45, 2.75) is 24.9 Å². The summed E-state index contributed by atoms with van der Waals surface area (Å²) < 4.78 is 5.95. The minimum atomic E-state index is -0.753. The minimum absolute atomic E-state index is 0.256. The number of rotatable bonds is 6. The Hall–Kier alpha value is -2.73. The second kappa shape index (κ2) is 7.03. The first-order chi connectivity index (χ1) is 12.3. The Morgan fingerprint density at radius 1 is 1.04 bits per heavy atom. The molecule has 6 heteroatoms. The maximum absolute atomic E-state index is 12.8. The lowest BCUT2D eigenvalue weighted by molar-refractivity contribution is -0.123. The quantitative estimate of drug-likeness (QED) is 0.724. The summed E-state index contributed by atoms with van der Waals surface area (Å²) in [7, 11) is 0. The molecule has 2 aromatic carbocycles. The van der Waals surface area contributed by atoms with E-state index in [1.807, 2.05) is 60.7 Å². The second-order valence-corrected chi connectivity index (χ2v) is 6.94. The molecule has 1 unspecified atom stereocenters. The normalized spacial score (nSPS) is 14.7. The highest BCUT2D eigenvalue weighted by atomic mass is 32.1. The number of carbonyl (C=O) groups is 1. The molecule has 0 spiro atoms. The fourth-order valence-electron chi connectivity index (χ4n) is 2.49. The van der Waals surface area contributed by atoms with Gasteiger partial charge in [-0.05, 0) is 25.0 Å². The monoisotopic (exact) mass is 351 g/mol. The number of carbonyl (C=O) groups excluding carboxylic acids is 1. The SMILES string of the molecule is O=C(Nc1nnc(C2CC2)s1)C(Oc1ccccc1)c1ccccc1. The largest absolute Gasteiger partial charge is 0.476 e. The lowest BCUT2D eigenvalue weighted by atomic mass is 10.1. The van der Waals surface area contributed by atoms with Crippen molar-refractivity contribution in [3.8, 4) is 5.75 Å². The summed E-state index contributed by atoms with van der Waals surface area (Å²) in [4.78, 5) is 12.8. The molecule has 1 atom stereocenters. The zero-order valence-corrected chi connectivity index (χ0v) is 14.3. The number of anilines is 1. The van der Waals surface area contributed by atoms with Gasteiger partial charge in [-0.3, -0.25) is 10.1 Å². The molecule has 1 heterocycles. The van der Waals surface area contributed by atoms with Crippen LogP contribution in [-0.4, -0.2) is 16.1 Å². The van der Waals surface area contributed by atoms with Gasteiger partial charge < -0.3 is 4.74 Å². The first-order valence-electron chi connectivity index (χ1n) is 8.20. The Labute approximate surface area is 149 Å². The average molecular weight is 351 g/mol. The Balaban J connectivity index is 1.54. The maximum Gasteiger partial charge on any atom is 0.272 e. The van der Waals surface area contributed by atoms with Crippen molar-refractivity contribution in [3.05, 3.63) is 71.2 Å².